The van der Waals surface area contributed by atoms with Crippen LogP contribution in [0.1, 0.15) is 34.1 Å². The summed E-state index contributed by atoms with van der Waals surface area (Å²) in [7, 11) is 0. The molecule has 0 aliphatic rings. The summed E-state index contributed by atoms with van der Waals surface area (Å²) in [4.78, 5) is 0. The third-order valence-corrected chi connectivity index (χ3v) is 1.53. The molecule has 0 aromatic heterocycles. The molecule has 8 heavy (non-hydrogen) atoms. The summed E-state index contributed by atoms with van der Waals surface area (Å²) in [6.45, 7) is 8.81. The minimum atomic E-state index is 0.667. The quantitative estimate of drug-likeness (QED) is 0.526. The molecule has 0 N–H and O–H groups in total. The predicted octanol–water partition coefficient (Wildman–Crippen LogP) is 2.77. The first-order valence-electron chi connectivity index (χ1n) is 3.41. The Labute approximate surface area is 53.3 Å². The van der Waals surface area contributed by atoms with E-state index in [1.807, 2.05) is 0 Å². The largest absolute Gasteiger partial charge is 0.0648 e. The molecule has 0 aromatic carbocycles. The van der Waals surface area contributed by atoms with Gasteiger partial charge in [-0.3, -0.25) is 0 Å². The molecule has 0 nitrogen and oxygen atoms in total. The molecule has 2 radical (unpaired) electrons. The van der Waals surface area contributed by atoms with Gasteiger partial charge in [-0.1, -0.05) is 27.7 Å². The summed E-state index contributed by atoms with van der Waals surface area (Å²) in [5, 5.41) is 0. The molecule has 0 amide bonds. The van der Waals surface area contributed by atoms with Gasteiger partial charge in [-0.25, -0.2) is 0 Å². The Morgan fingerprint density at radius 2 is 1.75 bits per heavy atom. The van der Waals surface area contributed by atoms with E-state index in [0.717, 1.165) is 12.3 Å². The molecule has 0 heteroatoms. The van der Waals surface area contributed by atoms with E-state index in [1.165, 1.54) is 0 Å². The highest BCUT2D eigenvalue weighted by molar-refractivity contribution is 4.72. The predicted molar refractivity (Wildman–Crippen MR) is 37.5 cm³/mol. The van der Waals surface area contributed by atoms with Crippen molar-refractivity contribution in [3.8, 4) is 0 Å². The molecule has 0 saturated carbocycles. The lowest BCUT2D eigenvalue weighted by molar-refractivity contribution is 0.464. The van der Waals surface area contributed by atoms with Crippen LogP contribution in [-0.4, -0.2) is 0 Å². The zero-order chi connectivity index (χ0) is 6.57. The highest BCUT2D eigenvalue weighted by Crippen LogP contribution is 2.13. The zero-order valence-corrected chi connectivity index (χ0v) is 6.36. The van der Waals surface area contributed by atoms with Gasteiger partial charge in [-0.2, -0.15) is 0 Å². The van der Waals surface area contributed by atoms with Crippen molar-refractivity contribution in [1.29, 1.82) is 0 Å². The maximum Gasteiger partial charge on any atom is -0.0143 e. The lowest BCUT2D eigenvalue weighted by atomic mass is 9.94. The Balaban J connectivity index is 3.17. The molecule has 0 aliphatic carbocycles. The molecule has 0 saturated heterocycles. The van der Waals surface area contributed by atoms with Crippen molar-refractivity contribution in [2.45, 2.75) is 34.1 Å². The van der Waals surface area contributed by atoms with Gasteiger partial charge in [0.2, 0.25) is 0 Å². The summed E-state index contributed by atoms with van der Waals surface area (Å²) >= 11 is 0. The average Bonchev–Trinajstić information content (AvgIpc) is 1.67. The van der Waals surface area contributed by atoms with Crippen LogP contribution in [0, 0.1) is 18.3 Å². The summed E-state index contributed by atoms with van der Waals surface area (Å²) < 4.78 is 0. The molecular formula is C8H16. The van der Waals surface area contributed by atoms with Gasteiger partial charge >= 0.3 is 0 Å². The Morgan fingerprint density at radius 1 is 1.25 bits per heavy atom. The van der Waals surface area contributed by atoms with Gasteiger partial charge in [-0.05, 0) is 24.7 Å². The maximum atomic E-state index is 3.34. The highest BCUT2D eigenvalue weighted by Gasteiger charge is 2.04. The van der Waals surface area contributed by atoms with Gasteiger partial charge < -0.3 is 0 Å². The third-order valence-electron chi connectivity index (χ3n) is 1.53. The van der Waals surface area contributed by atoms with Gasteiger partial charge in [0.25, 0.3) is 0 Å². The van der Waals surface area contributed by atoms with Crippen molar-refractivity contribution < 1.29 is 0 Å². The van der Waals surface area contributed by atoms with Crippen molar-refractivity contribution in [3.05, 3.63) is 6.42 Å². The van der Waals surface area contributed by atoms with E-state index < -0.39 is 0 Å². The third kappa shape index (κ3) is 3.06. The molecule has 0 aliphatic heterocycles. The van der Waals surface area contributed by atoms with Crippen LogP contribution in [0.2, 0.25) is 0 Å². The molecule has 0 heterocycles. The molecular weight excluding hydrogens is 96.1 g/mol. The second-order valence-electron chi connectivity index (χ2n) is 2.59. The summed E-state index contributed by atoms with van der Waals surface area (Å²) in [6, 6.07) is 0. The monoisotopic (exact) mass is 112 g/mol. The van der Waals surface area contributed by atoms with Gasteiger partial charge in [0.15, 0.2) is 0 Å². The molecule has 48 valence electrons. The Bertz CT molecular complexity index is 46.0. The molecule has 0 aromatic rings. The van der Waals surface area contributed by atoms with Crippen LogP contribution in [0.4, 0.5) is 0 Å². The standard InChI is InChI=1S/C8H16/c1-5-6-8(4)7(2)3/h7-8H,5H2,1-4H3. The van der Waals surface area contributed by atoms with Gasteiger partial charge in [0, 0.05) is 0 Å². The zero-order valence-electron chi connectivity index (χ0n) is 6.36. The van der Waals surface area contributed by atoms with Crippen LogP contribution in [0.3, 0.4) is 0 Å². The van der Waals surface area contributed by atoms with E-state index in [-0.39, 0.29) is 0 Å². The van der Waals surface area contributed by atoms with Crippen molar-refractivity contribution in [3.63, 3.8) is 0 Å². The SMILES string of the molecule is CC[C]C(C)C(C)C. The van der Waals surface area contributed by atoms with Crippen LogP contribution < -0.4 is 0 Å². The van der Waals surface area contributed by atoms with E-state index in [1.54, 1.807) is 0 Å². The fraction of sp³-hybridized carbons (Fsp3) is 0.875. The molecule has 1 unspecified atom stereocenters. The van der Waals surface area contributed by atoms with Crippen LogP contribution in [0.25, 0.3) is 0 Å². The fourth-order valence-corrected chi connectivity index (χ4v) is 0.558. The highest BCUT2D eigenvalue weighted by atomic mass is 14.1. The first-order chi connectivity index (χ1) is 3.68. The second kappa shape index (κ2) is 3.94. The molecule has 0 bridgehead atoms. The van der Waals surface area contributed by atoms with E-state index in [4.69, 9.17) is 0 Å². The first kappa shape index (κ1) is 8.00. The van der Waals surface area contributed by atoms with Crippen molar-refractivity contribution >= 4 is 0 Å². The summed E-state index contributed by atoms with van der Waals surface area (Å²) in [5.41, 5.74) is 0. The minimum absolute atomic E-state index is 0.667. The molecule has 1 atom stereocenters. The Hall–Kier alpha value is 0. The summed E-state index contributed by atoms with van der Waals surface area (Å²) in [6.07, 6.45) is 4.43. The van der Waals surface area contributed by atoms with Crippen LogP contribution in [0.15, 0.2) is 0 Å². The fourth-order valence-electron chi connectivity index (χ4n) is 0.558. The average molecular weight is 112 g/mol. The van der Waals surface area contributed by atoms with Gasteiger partial charge in [0.1, 0.15) is 0 Å². The number of rotatable bonds is 3. The van der Waals surface area contributed by atoms with Crippen LogP contribution in [0.5, 0.6) is 0 Å². The van der Waals surface area contributed by atoms with E-state index in [0.29, 0.717) is 5.92 Å². The first-order valence-corrected chi connectivity index (χ1v) is 3.41. The Kier molecular flexibility index (Phi) is 3.94. The topological polar surface area (TPSA) is 0 Å². The van der Waals surface area contributed by atoms with Crippen molar-refractivity contribution in [2.75, 3.05) is 0 Å². The second-order valence-corrected chi connectivity index (χ2v) is 2.59. The van der Waals surface area contributed by atoms with Crippen molar-refractivity contribution in [1.82, 2.24) is 0 Å². The molecule has 0 rings (SSSR count). The van der Waals surface area contributed by atoms with Crippen LogP contribution in [-0.2, 0) is 0 Å². The van der Waals surface area contributed by atoms with Crippen molar-refractivity contribution in [2.24, 2.45) is 11.8 Å². The number of hydrogen-bond acceptors (Lipinski definition) is 0. The molecule has 0 spiro atoms. The lowest BCUT2D eigenvalue weighted by Crippen LogP contribution is -2.02. The normalized spacial score (nSPS) is 14.6. The number of hydrogen-bond donors (Lipinski definition) is 0. The summed E-state index contributed by atoms with van der Waals surface area (Å²) in [5.74, 6) is 1.43. The molecule has 0 fully saturated rings. The van der Waals surface area contributed by atoms with Gasteiger partial charge in [-0.15, -0.1) is 0 Å². The van der Waals surface area contributed by atoms with Crippen LogP contribution >= 0.6 is 0 Å². The van der Waals surface area contributed by atoms with E-state index in [2.05, 4.69) is 34.1 Å². The van der Waals surface area contributed by atoms with E-state index in [9.17, 15) is 0 Å². The minimum Gasteiger partial charge on any atom is -0.0648 e. The smallest absolute Gasteiger partial charge is 0.0143 e. The maximum absolute atomic E-state index is 3.34. The van der Waals surface area contributed by atoms with E-state index >= 15 is 0 Å². The Morgan fingerprint density at radius 3 is 1.88 bits per heavy atom. The van der Waals surface area contributed by atoms with Gasteiger partial charge in [0.05, 0.1) is 0 Å². The lowest BCUT2D eigenvalue weighted by Gasteiger charge is -2.11.